The van der Waals surface area contributed by atoms with E-state index >= 15 is 0 Å². The lowest BCUT2D eigenvalue weighted by Crippen LogP contribution is -2.31. The van der Waals surface area contributed by atoms with Gasteiger partial charge in [0.25, 0.3) is 5.91 Å². The molecule has 1 aromatic heterocycles. The number of carbonyl (C=O) groups excluding carboxylic acids is 1. The largest absolute Gasteiger partial charge is 0.493 e. The first kappa shape index (κ1) is 23.8. The van der Waals surface area contributed by atoms with Gasteiger partial charge in [0.05, 0.1) is 37.3 Å². The number of hydrogen-bond donors (Lipinski definition) is 0. The molecule has 4 rings (SSSR count). The molecule has 0 saturated heterocycles. The van der Waals surface area contributed by atoms with E-state index in [-0.39, 0.29) is 23.2 Å². The minimum atomic E-state index is -0.595. The standard InChI is InChI=1S/C27H31NO6/c1-15(2)33-11-7-10-28-24(18-8-9-19(31-5)20(14-18)32-6)23-25(29)22-17(4)12-16(3)13-21(22)34-26(23)27(28)30/h8-9,12-15,24H,7,10-11H2,1-6H3/t24-/m1/s1. The molecule has 0 aliphatic carbocycles. The summed E-state index contributed by atoms with van der Waals surface area (Å²) in [5.74, 6) is 0.912. The van der Waals surface area contributed by atoms with Crippen molar-refractivity contribution in [3.8, 4) is 11.5 Å². The van der Waals surface area contributed by atoms with Gasteiger partial charge in [-0.15, -0.1) is 0 Å². The van der Waals surface area contributed by atoms with Crippen molar-refractivity contribution in [3.63, 3.8) is 0 Å². The van der Waals surface area contributed by atoms with Gasteiger partial charge in [0, 0.05) is 13.2 Å². The molecule has 2 aromatic carbocycles. The normalized spacial score (nSPS) is 15.3. The molecule has 180 valence electrons. The van der Waals surface area contributed by atoms with Crippen molar-refractivity contribution in [2.45, 2.75) is 46.3 Å². The van der Waals surface area contributed by atoms with Crippen molar-refractivity contribution in [2.75, 3.05) is 27.4 Å². The summed E-state index contributed by atoms with van der Waals surface area (Å²) >= 11 is 0. The third-order valence-electron chi connectivity index (χ3n) is 6.13. The van der Waals surface area contributed by atoms with Crippen molar-refractivity contribution >= 4 is 16.9 Å². The summed E-state index contributed by atoms with van der Waals surface area (Å²) in [5, 5.41) is 0.507. The van der Waals surface area contributed by atoms with Gasteiger partial charge in [-0.3, -0.25) is 9.59 Å². The van der Waals surface area contributed by atoms with Gasteiger partial charge in [0.2, 0.25) is 5.76 Å². The molecule has 0 unspecified atom stereocenters. The molecule has 3 aromatic rings. The first-order valence-corrected chi connectivity index (χ1v) is 11.5. The van der Waals surface area contributed by atoms with E-state index in [1.54, 1.807) is 25.2 Å². The second-order valence-corrected chi connectivity index (χ2v) is 8.92. The third kappa shape index (κ3) is 4.16. The van der Waals surface area contributed by atoms with Crippen LogP contribution in [0, 0.1) is 13.8 Å². The third-order valence-corrected chi connectivity index (χ3v) is 6.13. The van der Waals surface area contributed by atoms with Gasteiger partial charge in [-0.05, 0) is 69.0 Å². The van der Waals surface area contributed by atoms with Crippen LogP contribution in [-0.2, 0) is 4.74 Å². The van der Waals surface area contributed by atoms with E-state index in [1.165, 1.54) is 0 Å². The van der Waals surface area contributed by atoms with Gasteiger partial charge in [-0.25, -0.2) is 0 Å². The number of nitrogens with zero attached hydrogens (tertiary/aromatic N) is 1. The predicted octanol–water partition coefficient (Wildman–Crippen LogP) is 4.79. The Kier molecular flexibility index (Phi) is 6.66. The van der Waals surface area contributed by atoms with Crippen molar-refractivity contribution in [3.05, 3.63) is 68.6 Å². The fourth-order valence-electron chi connectivity index (χ4n) is 4.67. The molecule has 34 heavy (non-hydrogen) atoms. The molecular weight excluding hydrogens is 434 g/mol. The van der Waals surface area contributed by atoms with Crippen molar-refractivity contribution < 1.29 is 23.4 Å². The van der Waals surface area contributed by atoms with Crippen LogP contribution in [-0.4, -0.2) is 44.3 Å². The van der Waals surface area contributed by atoms with Crippen molar-refractivity contribution in [1.82, 2.24) is 4.90 Å². The summed E-state index contributed by atoms with van der Waals surface area (Å²) < 4.78 is 22.7. The van der Waals surface area contributed by atoms with E-state index in [4.69, 9.17) is 18.6 Å². The summed E-state index contributed by atoms with van der Waals surface area (Å²) in [4.78, 5) is 29.0. The zero-order valence-electron chi connectivity index (χ0n) is 20.6. The fraction of sp³-hybridized carbons (Fsp3) is 0.407. The Balaban J connectivity index is 1.88. The number of ether oxygens (including phenoxy) is 3. The minimum Gasteiger partial charge on any atom is -0.493 e. The molecule has 1 amide bonds. The molecule has 1 aliphatic heterocycles. The molecular formula is C27H31NO6. The number of fused-ring (bicyclic) bond motifs is 2. The zero-order valence-corrected chi connectivity index (χ0v) is 20.6. The van der Waals surface area contributed by atoms with Crippen LogP contribution in [0.15, 0.2) is 39.5 Å². The Morgan fingerprint density at radius 2 is 1.76 bits per heavy atom. The predicted molar refractivity (Wildman–Crippen MR) is 130 cm³/mol. The Bertz CT molecular complexity index is 1290. The summed E-state index contributed by atoms with van der Waals surface area (Å²) in [6, 6.07) is 8.62. The topological polar surface area (TPSA) is 78.2 Å². The summed E-state index contributed by atoms with van der Waals surface area (Å²) in [6.45, 7) is 8.71. The summed E-state index contributed by atoms with van der Waals surface area (Å²) in [6.07, 6.45) is 0.737. The quantitative estimate of drug-likeness (QED) is 0.445. The molecule has 0 saturated carbocycles. The first-order chi connectivity index (χ1) is 16.3. The molecule has 0 radical (unpaired) electrons. The number of benzene rings is 2. The number of amides is 1. The molecule has 0 spiro atoms. The highest BCUT2D eigenvalue weighted by atomic mass is 16.5. The van der Waals surface area contributed by atoms with Crippen LogP contribution < -0.4 is 14.9 Å². The number of rotatable bonds is 8. The molecule has 1 aliphatic rings. The van der Waals surface area contributed by atoms with E-state index in [2.05, 4.69) is 0 Å². The number of methoxy groups -OCH3 is 2. The van der Waals surface area contributed by atoms with Crippen LogP contribution in [0.2, 0.25) is 0 Å². The van der Waals surface area contributed by atoms with Crippen LogP contribution >= 0.6 is 0 Å². The van der Waals surface area contributed by atoms with E-state index in [0.29, 0.717) is 47.6 Å². The Hall–Kier alpha value is -3.32. The molecule has 7 heteroatoms. The molecule has 2 heterocycles. The lowest BCUT2D eigenvalue weighted by Gasteiger charge is -2.26. The van der Waals surface area contributed by atoms with E-state index in [9.17, 15) is 9.59 Å². The maximum atomic E-state index is 13.8. The highest BCUT2D eigenvalue weighted by Crippen LogP contribution is 2.41. The fourth-order valence-corrected chi connectivity index (χ4v) is 4.67. The van der Waals surface area contributed by atoms with Gasteiger partial charge >= 0.3 is 0 Å². The van der Waals surface area contributed by atoms with Gasteiger partial charge in [-0.1, -0.05) is 12.1 Å². The zero-order chi connectivity index (χ0) is 24.6. The van der Waals surface area contributed by atoms with Crippen molar-refractivity contribution in [2.24, 2.45) is 0 Å². The lowest BCUT2D eigenvalue weighted by atomic mass is 9.96. The first-order valence-electron chi connectivity index (χ1n) is 11.5. The Morgan fingerprint density at radius 1 is 1.03 bits per heavy atom. The molecule has 0 bridgehead atoms. The lowest BCUT2D eigenvalue weighted by molar-refractivity contribution is 0.0593. The Morgan fingerprint density at radius 3 is 2.44 bits per heavy atom. The van der Waals surface area contributed by atoms with Gasteiger partial charge < -0.3 is 23.5 Å². The van der Waals surface area contributed by atoms with Gasteiger partial charge in [-0.2, -0.15) is 0 Å². The minimum absolute atomic E-state index is 0.104. The van der Waals surface area contributed by atoms with E-state index < -0.39 is 6.04 Å². The average Bonchev–Trinajstić information content (AvgIpc) is 3.07. The maximum absolute atomic E-state index is 13.8. The maximum Gasteiger partial charge on any atom is 0.290 e. The van der Waals surface area contributed by atoms with Gasteiger partial charge in [0.15, 0.2) is 16.9 Å². The van der Waals surface area contributed by atoms with Crippen LogP contribution in [0.3, 0.4) is 0 Å². The molecule has 0 fully saturated rings. The number of hydrogen-bond acceptors (Lipinski definition) is 6. The van der Waals surface area contributed by atoms with Crippen LogP contribution in [0.1, 0.15) is 59.1 Å². The van der Waals surface area contributed by atoms with E-state index in [1.807, 2.05) is 52.0 Å². The highest BCUT2D eigenvalue weighted by molar-refractivity contribution is 5.99. The van der Waals surface area contributed by atoms with E-state index in [0.717, 1.165) is 16.7 Å². The molecule has 7 nitrogen and oxygen atoms in total. The Labute approximate surface area is 199 Å². The monoisotopic (exact) mass is 465 g/mol. The average molecular weight is 466 g/mol. The summed E-state index contributed by atoms with van der Waals surface area (Å²) in [5.41, 5.74) is 3.17. The van der Waals surface area contributed by atoms with Crippen LogP contribution in [0.5, 0.6) is 11.5 Å². The van der Waals surface area contributed by atoms with Crippen LogP contribution in [0.25, 0.3) is 11.0 Å². The van der Waals surface area contributed by atoms with Crippen molar-refractivity contribution in [1.29, 1.82) is 0 Å². The highest BCUT2D eigenvalue weighted by Gasteiger charge is 2.42. The smallest absolute Gasteiger partial charge is 0.290 e. The number of carbonyl (C=O) groups is 1. The van der Waals surface area contributed by atoms with Gasteiger partial charge in [0.1, 0.15) is 5.58 Å². The van der Waals surface area contributed by atoms with Crippen LogP contribution in [0.4, 0.5) is 0 Å². The molecule has 0 N–H and O–H groups in total. The molecule has 1 atom stereocenters. The second-order valence-electron chi connectivity index (χ2n) is 8.92. The second kappa shape index (κ2) is 9.50. The summed E-state index contributed by atoms with van der Waals surface area (Å²) in [7, 11) is 3.13. The number of aryl methyl sites for hydroxylation is 2. The SMILES string of the molecule is COc1ccc([C@@H]2c3c(oc4cc(C)cc(C)c4c3=O)C(=O)N2CCCOC(C)C)cc1OC.